The summed E-state index contributed by atoms with van der Waals surface area (Å²) in [4.78, 5) is 34.9. The first-order valence-corrected chi connectivity index (χ1v) is 11.3. The Morgan fingerprint density at radius 3 is 2.97 bits per heavy atom. The molecule has 0 saturated carbocycles. The Morgan fingerprint density at radius 1 is 1.37 bits per heavy atom. The molecule has 1 saturated heterocycles. The minimum absolute atomic E-state index is 0.113. The minimum atomic E-state index is -0.113. The van der Waals surface area contributed by atoms with E-state index in [-0.39, 0.29) is 17.7 Å². The third kappa shape index (κ3) is 4.63. The molecule has 0 aliphatic carbocycles. The summed E-state index contributed by atoms with van der Waals surface area (Å²) in [7, 11) is 2.07. The predicted octanol–water partition coefficient (Wildman–Crippen LogP) is 2.62. The van der Waals surface area contributed by atoms with Crippen molar-refractivity contribution in [2.45, 2.75) is 32.9 Å². The van der Waals surface area contributed by atoms with Crippen molar-refractivity contribution in [2.75, 3.05) is 26.7 Å². The van der Waals surface area contributed by atoms with Crippen LogP contribution in [0.5, 0.6) is 0 Å². The van der Waals surface area contributed by atoms with Crippen molar-refractivity contribution >= 4 is 29.2 Å². The van der Waals surface area contributed by atoms with Crippen molar-refractivity contribution < 1.29 is 9.59 Å². The van der Waals surface area contributed by atoms with Gasteiger partial charge in [-0.2, -0.15) is 0 Å². The monoisotopic (exact) mass is 424 g/mol. The summed E-state index contributed by atoms with van der Waals surface area (Å²) in [5, 5.41) is 4.98. The van der Waals surface area contributed by atoms with Gasteiger partial charge in [-0.1, -0.05) is 6.07 Å². The van der Waals surface area contributed by atoms with Crippen molar-refractivity contribution in [3.8, 4) is 0 Å². The number of hydrogen-bond donors (Lipinski definition) is 1. The van der Waals surface area contributed by atoms with Gasteiger partial charge in [-0.3, -0.25) is 14.6 Å². The molecular formula is C23H28N4O2S. The smallest absolute Gasteiger partial charge is 0.244 e. The summed E-state index contributed by atoms with van der Waals surface area (Å²) in [6.45, 7) is 5.62. The number of fused-ring (bicyclic) bond motifs is 1. The molecule has 2 aromatic heterocycles. The number of aromatic nitrogens is 1. The molecule has 0 spiro atoms. The van der Waals surface area contributed by atoms with E-state index in [1.54, 1.807) is 17.4 Å². The van der Waals surface area contributed by atoms with E-state index in [0.29, 0.717) is 13.1 Å². The SMILES string of the molecule is Cc1ncc2c(c1CNC(=O)/C=C/c1cccs1)CCN(C(=O)C1CCN(C)C1)C2. The lowest BCUT2D eigenvalue weighted by Gasteiger charge is -2.32. The van der Waals surface area contributed by atoms with Gasteiger partial charge in [0.05, 0.1) is 5.92 Å². The summed E-state index contributed by atoms with van der Waals surface area (Å²) in [5.74, 6) is 0.265. The third-order valence-electron chi connectivity index (χ3n) is 6.03. The lowest BCUT2D eigenvalue weighted by Crippen LogP contribution is -2.41. The first-order chi connectivity index (χ1) is 14.5. The number of carbonyl (C=O) groups is 2. The first kappa shape index (κ1) is 20.8. The van der Waals surface area contributed by atoms with E-state index in [0.717, 1.165) is 54.2 Å². The fourth-order valence-electron chi connectivity index (χ4n) is 4.32. The Hall–Kier alpha value is -2.51. The van der Waals surface area contributed by atoms with E-state index in [1.165, 1.54) is 5.56 Å². The molecule has 7 heteroatoms. The number of rotatable bonds is 5. The molecule has 1 unspecified atom stereocenters. The van der Waals surface area contributed by atoms with E-state index in [9.17, 15) is 9.59 Å². The van der Waals surface area contributed by atoms with Crippen LogP contribution in [0.2, 0.25) is 0 Å². The van der Waals surface area contributed by atoms with Crippen LogP contribution in [0.15, 0.2) is 29.8 Å². The molecule has 1 N–H and O–H groups in total. The average molecular weight is 425 g/mol. The van der Waals surface area contributed by atoms with Gasteiger partial charge in [0.2, 0.25) is 11.8 Å². The van der Waals surface area contributed by atoms with Gasteiger partial charge in [0.1, 0.15) is 0 Å². The molecule has 4 rings (SSSR count). The Labute approximate surface area is 181 Å². The Balaban J connectivity index is 1.41. The number of pyridine rings is 1. The second kappa shape index (κ2) is 9.10. The zero-order valence-corrected chi connectivity index (χ0v) is 18.4. The number of nitrogens with zero attached hydrogens (tertiary/aromatic N) is 3. The molecule has 1 atom stereocenters. The van der Waals surface area contributed by atoms with Crippen LogP contribution in [0.4, 0.5) is 0 Å². The quantitative estimate of drug-likeness (QED) is 0.750. The van der Waals surface area contributed by atoms with Crippen molar-refractivity contribution in [1.29, 1.82) is 0 Å². The molecule has 2 aromatic rings. The van der Waals surface area contributed by atoms with Crippen molar-refractivity contribution in [2.24, 2.45) is 5.92 Å². The number of thiophene rings is 1. The van der Waals surface area contributed by atoms with Gasteiger partial charge in [0, 0.05) is 49.0 Å². The van der Waals surface area contributed by atoms with Crippen LogP contribution < -0.4 is 5.32 Å². The van der Waals surface area contributed by atoms with E-state index < -0.39 is 0 Å². The van der Waals surface area contributed by atoms with Gasteiger partial charge in [-0.25, -0.2) is 0 Å². The summed E-state index contributed by atoms with van der Waals surface area (Å²) < 4.78 is 0. The highest BCUT2D eigenvalue weighted by molar-refractivity contribution is 7.10. The van der Waals surface area contributed by atoms with E-state index in [1.807, 2.05) is 41.6 Å². The van der Waals surface area contributed by atoms with Crippen LogP contribution >= 0.6 is 11.3 Å². The van der Waals surface area contributed by atoms with Crippen LogP contribution in [-0.2, 0) is 29.1 Å². The Kier molecular flexibility index (Phi) is 6.29. The maximum absolute atomic E-state index is 12.9. The summed E-state index contributed by atoms with van der Waals surface area (Å²) >= 11 is 1.60. The van der Waals surface area contributed by atoms with Gasteiger partial charge in [-0.05, 0) is 67.6 Å². The van der Waals surface area contributed by atoms with Crippen molar-refractivity contribution in [1.82, 2.24) is 20.1 Å². The van der Waals surface area contributed by atoms with Gasteiger partial charge in [0.15, 0.2) is 0 Å². The largest absolute Gasteiger partial charge is 0.348 e. The summed E-state index contributed by atoms with van der Waals surface area (Å²) in [6.07, 6.45) is 7.05. The van der Waals surface area contributed by atoms with E-state index >= 15 is 0 Å². The highest BCUT2D eigenvalue weighted by atomic mass is 32.1. The maximum Gasteiger partial charge on any atom is 0.244 e. The summed E-state index contributed by atoms with van der Waals surface area (Å²) in [6, 6.07) is 3.94. The highest BCUT2D eigenvalue weighted by Gasteiger charge is 2.32. The van der Waals surface area contributed by atoms with Crippen LogP contribution in [0.25, 0.3) is 6.08 Å². The zero-order chi connectivity index (χ0) is 21.1. The third-order valence-corrected chi connectivity index (χ3v) is 6.87. The topological polar surface area (TPSA) is 65.5 Å². The molecule has 1 fully saturated rings. The van der Waals surface area contributed by atoms with Crippen LogP contribution in [-0.4, -0.2) is 53.3 Å². The normalized spacial score (nSPS) is 19.3. The lowest BCUT2D eigenvalue weighted by molar-refractivity contribution is -0.136. The van der Waals surface area contributed by atoms with Crippen LogP contribution in [0.3, 0.4) is 0 Å². The number of nitrogens with one attached hydrogen (secondary N) is 1. The van der Waals surface area contributed by atoms with Crippen molar-refractivity contribution in [3.05, 3.63) is 57.0 Å². The number of likely N-dealkylation sites (tertiary alicyclic amines) is 1. The predicted molar refractivity (Wildman–Crippen MR) is 119 cm³/mol. The average Bonchev–Trinajstić information content (AvgIpc) is 3.42. The molecule has 158 valence electrons. The van der Waals surface area contributed by atoms with Gasteiger partial charge in [-0.15, -0.1) is 11.3 Å². The number of hydrogen-bond acceptors (Lipinski definition) is 5. The fourth-order valence-corrected chi connectivity index (χ4v) is 4.94. The van der Waals surface area contributed by atoms with Gasteiger partial charge >= 0.3 is 0 Å². The molecular weight excluding hydrogens is 396 g/mol. The standard InChI is InChI=1S/C23H28N4O2S/c1-16-21(13-25-22(28)6-5-19-4-3-11-30-19)20-8-10-27(15-18(20)12-24-16)23(29)17-7-9-26(2)14-17/h3-6,11-12,17H,7-10,13-15H2,1-2H3,(H,25,28)/b6-5+. The molecule has 2 aliphatic heterocycles. The van der Waals surface area contributed by atoms with Crippen LogP contribution in [0, 0.1) is 12.8 Å². The summed E-state index contributed by atoms with van der Waals surface area (Å²) in [5.41, 5.74) is 4.36. The van der Waals surface area contributed by atoms with Crippen molar-refractivity contribution in [3.63, 3.8) is 0 Å². The first-order valence-electron chi connectivity index (χ1n) is 10.4. The molecule has 6 nitrogen and oxygen atoms in total. The molecule has 4 heterocycles. The molecule has 0 bridgehead atoms. The highest BCUT2D eigenvalue weighted by Crippen LogP contribution is 2.26. The number of amides is 2. The molecule has 0 radical (unpaired) electrons. The van der Waals surface area contributed by atoms with Crippen LogP contribution in [0.1, 0.15) is 33.7 Å². The van der Waals surface area contributed by atoms with E-state index in [4.69, 9.17) is 0 Å². The second-order valence-electron chi connectivity index (χ2n) is 8.15. The number of carbonyl (C=O) groups excluding carboxylic acids is 2. The van der Waals surface area contributed by atoms with E-state index in [2.05, 4.69) is 22.2 Å². The number of aryl methyl sites for hydroxylation is 1. The molecule has 2 aliphatic rings. The molecule has 0 aromatic carbocycles. The van der Waals surface area contributed by atoms with Gasteiger partial charge < -0.3 is 15.1 Å². The second-order valence-corrected chi connectivity index (χ2v) is 9.13. The Morgan fingerprint density at radius 2 is 2.23 bits per heavy atom. The lowest BCUT2D eigenvalue weighted by atomic mass is 9.94. The van der Waals surface area contributed by atoms with Gasteiger partial charge in [0.25, 0.3) is 0 Å². The molecule has 30 heavy (non-hydrogen) atoms. The molecule has 2 amide bonds. The fraction of sp³-hybridized carbons (Fsp3) is 0.435. The maximum atomic E-state index is 12.9. The Bertz CT molecular complexity index is 954. The minimum Gasteiger partial charge on any atom is -0.348 e. The zero-order valence-electron chi connectivity index (χ0n) is 17.6.